The number of fused-ring (bicyclic) bond motifs is 1. The molecule has 55 heavy (non-hydrogen) atoms. The van der Waals surface area contributed by atoms with Crippen molar-refractivity contribution in [1.82, 2.24) is 15.5 Å². The molecule has 0 unspecified atom stereocenters. The second-order valence-electron chi connectivity index (χ2n) is 16.7. The summed E-state index contributed by atoms with van der Waals surface area (Å²) >= 11 is 0. The van der Waals surface area contributed by atoms with Crippen molar-refractivity contribution in [3.05, 3.63) is 95.1 Å². The second-order valence-corrected chi connectivity index (χ2v) is 16.7. The highest BCUT2D eigenvalue weighted by atomic mass is 16.7. The molecule has 2 amide bonds. The van der Waals surface area contributed by atoms with Gasteiger partial charge in [0.15, 0.2) is 6.29 Å². The van der Waals surface area contributed by atoms with Crippen molar-refractivity contribution in [3.63, 3.8) is 0 Å². The number of aliphatic carboxylic acids is 1. The third-order valence-corrected chi connectivity index (χ3v) is 11.3. The molecule has 3 aliphatic rings. The van der Waals surface area contributed by atoms with Gasteiger partial charge in [0.2, 0.25) is 11.8 Å². The van der Waals surface area contributed by atoms with Crippen LogP contribution in [0, 0.1) is 5.92 Å². The SMILES string of the molecule is CC(C)(C)NC(=O)[C@H]1CC[C@H]2CCCC[C@H]2N1C[C@@H]1C[C@H](c2ccc(CO)cc2)O[C@H](c2cccc(-c3cccc(CNC(=O)CCCCC(=O)O)c3)c2)O1. The average molecular weight is 754 g/mol. The first-order chi connectivity index (χ1) is 26.5. The molecule has 1 aliphatic carbocycles. The second kappa shape index (κ2) is 18.7. The number of nitrogens with zero attached hydrogens (tertiary/aromatic N) is 1. The van der Waals surface area contributed by atoms with E-state index in [-0.39, 0.29) is 48.6 Å². The summed E-state index contributed by atoms with van der Waals surface area (Å²) in [5.41, 5.74) is 5.42. The van der Waals surface area contributed by atoms with Crippen LogP contribution in [-0.2, 0) is 37.0 Å². The van der Waals surface area contributed by atoms with Gasteiger partial charge >= 0.3 is 5.97 Å². The Labute approximate surface area is 326 Å². The van der Waals surface area contributed by atoms with Crippen LogP contribution in [0.25, 0.3) is 11.1 Å². The van der Waals surface area contributed by atoms with Gasteiger partial charge < -0.3 is 30.3 Å². The molecule has 2 saturated heterocycles. The molecule has 6 rings (SSSR count). The Kier molecular flexibility index (Phi) is 13.8. The van der Waals surface area contributed by atoms with Gasteiger partial charge in [-0.1, -0.05) is 73.5 Å². The molecule has 4 N–H and O–H groups in total. The Hall–Kier alpha value is -4.09. The maximum Gasteiger partial charge on any atom is 0.303 e. The molecule has 296 valence electrons. The highest BCUT2D eigenvalue weighted by Gasteiger charge is 2.44. The number of hydrogen-bond acceptors (Lipinski definition) is 7. The van der Waals surface area contributed by atoms with Crippen LogP contribution in [0.4, 0.5) is 0 Å². The van der Waals surface area contributed by atoms with E-state index in [2.05, 4.69) is 33.7 Å². The topological polar surface area (TPSA) is 137 Å². The summed E-state index contributed by atoms with van der Waals surface area (Å²) in [6.07, 6.45) is 7.62. The number of ether oxygens (including phenoxy) is 2. The van der Waals surface area contributed by atoms with E-state index in [0.29, 0.717) is 50.7 Å². The van der Waals surface area contributed by atoms with Gasteiger partial charge in [-0.2, -0.15) is 0 Å². The van der Waals surface area contributed by atoms with E-state index in [1.807, 2.05) is 75.4 Å². The van der Waals surface area contributed by atoms with Crippen LogP contribution in [-0.4, -0.2) is 63.2 Å². The molecule has 0 aromatic heterocycles. The van der Waals surface area contributed by atoms with Crippen LogP contribution in [0.1, 0.15) is 126 Å². The fraction of sp³-hybridized carbons (Fsp3) is 0.533. The summed E-state index contributed by atoms with van der Waals surface area (Å²) in [5, 5.41) is 24.8. The van der Waals surface area contributed by atoms with Crippen LogP contribution < -0.4 is 10.6 Å². The van der Waals surface area contributed by atoms with E-state index < -0.39 is 12.3 Å². The number of carboxylic acids is 1. The van der Waals surface area contributed by atoms with E-state index in [0.717, 1.165) is 52.6 Å². The van der Waals surface area contributed by atoms with Crippen molar-refractivity contribution in [2.24, 2.45) is 5.92 Å². The summed E-state index contributed by atoms with van der Waals surface area (Å²) in [5.74, 6) is -0.248. The lowest BCUT2D eigenvalue weighted by atomic mass is 9.75. The molecule has 2 aliphatic heterocycles. The fourth-order valence-electron chi connectivity index (χ4n) is 8.57. The summed E-state index contributed by atoms with van der Waals surface area (Å²) in [4.78, 5) is 39.5. The van der Waals surface area contributed by atoms with Crippen molar-refractivity contribution in [1.29, 1.82) is 0 Å². The number of unbranched alkanes of at least 4 members (excludes halogenated alkanes) is 1. The van der Waals surface area contributed by atoms with Crippen molar-refractivity contribution in [2.75, 3.05) is 6.54 Å². The predicted octanol–water partition coefficient (Wildman–Crippen LogP) is 7.59. The number of nitrogens with one attached hydrogen (secondary N) is 2. The van der Waals surface area contributed by atoms with Gasteiger partial charge in [-0.3, -0.25) is 19.3 Å². The summed E-state index contributed by atoms with van der Waals surface area (Å²) in [6.45, 7) is 7.12. The molecule has 6 atom stereocenters. The number of likely N-dealkylation sites (tertiary alicyclic amines) is 1. The van der Waals surface area contributed by atoms with E-state index in [1.54, 1.807) is 0 Å². The fourth-order valence-corrected chi connectivity index (χ4v) is 8.57. The normalized spacial score (nSPS) is 24.4. The Balaban J connectivity index is 1.22. The largest absolute Gasteiger partial charge is 0.481 e. The van der Waals surface area contributed by atoms with Gasteiger partial charge in [0.1, 0.15) is 0 Å². The van der Waals surface area contributed by atoms with Gasteiger partial charge in [-0.25, -0.2) is 0 Å². The van der Waals surface area contributed by atoms with Gasteiger partial charge in [0.25, 0.3) is 0 Å². The molecule has 0 spiro atoms. The molecule has 1 saturated carbocycles. The van der Waals surface area contributed by atoms with Crippen molar-refractivity contribution in [3.8, 4) is 11.1 Å². The van der Waals surface area contributed by atoms with Crippen LogP contribution in [0.3, 0.4) is 0 Å². The van der Waals surface area contributed by atoms with Gasteiger partial charge in [-0.15, -0.1) is 0 Å². The highest BCUT2D eigenvalue weighted by molar-refractivity contribution is 5.82. The van der Waals surface area contributed by atoms with E-state index in [9.17, 15) is 19.5 Å². The molecular weight excluding hydrogens is 695 g/mol. The molecular formula is C45H59N3O7. The monoisotopic (exact) mass is 753 g/mol. The highest BCUT2D eigenvalue weighted by Crippen LogP contribution is 2.42. The molecule has 3 fully saturated rings. The molecule has 0 radical (unpaired) electrons. The summed E-state index contributed by atoms with van der Waals surface area (Å²) in [6, 6.07) is 24.4. The first-order valence-electron chi connectivity index (χ1n) is 20.2. The number of carboxylic acid groups (broad SMARTS) is 1. The van der Waals surface area contributed by atoms with Crippen molar-refractivity contribution < 1.29 is 34.1 Å². The third-order valence-electron chi connectivity index (χ3n) is 11.3. The Morgan fingerprint density at radius 1 is 0.818 bits per heavy atom. The minimum absolute atomic E-state index is 0.0232. The standard InChI is InChI=1S/C45H59N3O7/c1-45(2,3)47-43(53)39-23-22-32-11-4-5-15-38(32)48(39)28-37-26-40(33-20-18-30(29-49)19-21-33)55-44(54-37)36-14-9-13-35(25-36)34-12-8-10-31(24-34)27-46-41(50)16-6-7-17-42(51)52/h8-10,12-14,18-21,24-25,32,37-40,44,49H,4-7,11,15-17,22-23,26-29H2,1-3H3,(H,46,50)(H,47,53)(H,51,52)/t32-,37+,38-,39-,40-,44-/m1/s1. The van der Waals surface area contributed by atoms with Gasteiger partial charge in [-0.05, 0) is 105 Å². The molecule has 3 aromatic carbocycles. The lowest BCUT2D eigenvalue weighted by Gasteiger charge is -2.50. The number of carbonyl (C=O) groups is 3. The van der Waals surface area contributed by atoms with Crippen LogP contribution in [0.15, 0.2) is 72.8 Å². The number of aliphatic hydroxyl groups excluding tert-OH is 1. The zero-order valence-corrected chi connectivity index (χ0v) is 32.7. The quantitative estimate of drug-likeness (QED) is 0.124. The number of aliphatic hydroxyl groups is 1. The van der Waals surface area contributed by atoms with Crippen molar-refractivity contribution in [2.45, 2.75) is 141 Å². The molecule has 2 heterocycles. The lowest BCUT2D eigenvalue weighted by molar-refractivity contribution is -0.255. The smallest absolute Gasteiger partial charge is 0.303 e. The predicted molar refractivity (Wildman–Crippen MR) is 212 cm³/mol. The Bertz CT molecular complexity index is 1760. The maximum absolute atomic E-state index is 13.8. The van der Waals surface area contributed by atoms with Gasteiger partial charge in [0.05, 0.1) is 24.9 Å². The van der Waals surface area contributed by atoms with E-state index in [1.165, 1.54) is 19.3 Å². The summed E-state index contributed by atoms with van der Waals surface area (Å²) in [7, 11) is 0. The molecule has 3 aromatic rings. The number of piperidine rings is 1. The first-order valence-corrected chi connectivity index (χ1v) is 20.2. The Morgan fingerprint density at radius 2 is 1.55 bits per heavy atom. The third kappa shape index (κ3) is 11.3. The minimum atomic E-state index is -0.846. The molecule has 0 bridgehead atoms. The lowest BCUT2D eigenvalue weighted by Crippen LogP contribution is -2.61. The number of carbonyl (C=O) groups excluding carboxylic acids is 2. The van der Waals surface area contributed by atoms with E-state index >= 15 is 0 Å². The minimum Gasteiger partial charge on any atom is -0.481 e. The number of amides is 2. The zero-order chi connectivity index (χ0) is 39.0. The zero-order valence-electron chi connectivity index (χ0n) is 32.7. The number of benzene rings is 3. The molecule has 10 nitrogen and oxygen atoms in total. The van der Waals surface area contributed by atoms with Crippen LogP contribution >= 0.6 is 0 Å². The van der Waals surface area contributed by atoms with Crippen LogP contribution in [0.5, 0.6) is 0 Å². The first kappa shape index (κ1) is 40.6. The Morgan fingerprint density at radius 3 is 2.29 bits per heavy atom. The van der Waals surface area contributed by atoms with Crippen molar-refractivity contribution >= 4 is 17.8 Å². The van der Waals surface area contributed by atoms with Crippen LogP contribution in [0.2, 0.25) is 0 Å². The number of rotatable bonds is 14. The summed E-state index contributed by atoms with van der Waals surface area (Å²) < 4.78 is 13.7. The van der Waals surface area contributed by atoms with E-state index in [4.69, 9.17) is 14.6 Å². The molecule has 10 heteroatoms. The van der Waals surface area contributed by atoms with Gasteiger partial charge in [0, 0.05) is 49.5 Å². The average Bonchev–Trinajstić information content (AvgIpc) is 3.18. The maximum atomic E-state index is 13.8. The number of hydrogen-bond donors (Lipinski definition) is 4.